The van der Waals surface area contributed by atoms with Crippen LogP contribution in [0.25, 0.3) is 132 Å². The lowest BCUT2D eigenvalue weighted by Gasteiger charge is -2.20. The number of benzene rings is 10. The van der Waals surface area contributed by atoms with Crippen LogP contribution in [0.4, 0.5) is 11.4 Å². The van der Waals surface area contributed by atoms with Crippen LogP contribution < -0.4 is 0 Å². The zero-order chi connectivity index (χ0) is 49.7. The molecule has 8 heteroatoms. The monoisotopic (exact) mass is 942 g/mol. The number of nitriles is 1. The molecule has 13 aromatic rings. The third kappa shape index (κ3) is 7.42. The van der Waals surface area contributed by atoms with Crippen LogP contribution in [-0.2, 0) is 0 Å². The number of fused-ring (bicyclic) bond motifs is 6. The zero-order valence-electron chi connectivity index (χ0n) is 39.5. The second-order valence-electron chi connectivity index (χ2n) is 18.1. The lowest BCUT2D eigenvalue weighted by atomic mass is 9.97. The van der Waals surface area contributed by atoms with Crippen molar-refractivity contribution in [2.75, 3.05) is 0 Å². The molecule has 0 saturated carbocycles. The standard InChI is InChI=1S/C66H38N8/c1-68-50-30-25-44(26-31-50)48-29-35-61-56(38-48)53-18-10-12-20-59(53)74(61)63-39-49(66-71-64(45-13-5-3-6-14-45)70-65(72-66)46-15-7-4-8-16-46)27-33-54(63)57-40-51(69-2)32-36-62(57)73-58-19-11-9-17-52(58)55-37-47(28-34-60(55)73)43-23-21-42(41-67)22-24-43/h3-40H. The molecular weight excluding hydrogens is 905 g/mol. The van der Waals surface area contributed by atoms with Crippen LogP contribution in [0.3, 0.4) is 0 Å². The van der Waals surface area contributed by atoms with Crippen LogP contribution in [0.15, 0.2) is 231 Å². The molecule has 0 aliphatic carbocycles. The molecule has 0 unspecified atom stereocenters. The number of hydrogen-bond acceptors (Lipinski definition) is 4. The van der Waals surface area contributed by atoms with Gasteiger partial charge in [-0.1, -0.05) is 164 Å². The number of rotatable bonds is 8. The Kier molecular flexibility index (Phi) is 10.5. The lowest BCUT2D eigenvalue weighted by Crippen LogP contribution is -2.04. The number of nitrogens with zero attached hydrogens (tertiary/aromatic N) is 8. The van der Waals surface area contributed by atoms with Crippen molar-refractivity contribution in [3.63, 3.8) is 0 Å². The molecule has 8 nitrogen and oxygen atoms in total. The van der Waals surface area contributed by atoms with Gasteiger partial charge in [0.25, 0.3) is 0 Å². The number of hydrogen-bond donors (Lipinski definition) is 0. The summed E-state index contributed by atoms with van der Waals surface area (Å²) in [6, 6.07) is 80.1. The van der Waals surface area contributed by atoms with Gasteiger partial charge >= 0.3 is 0 Å². The maximum Gasteiger partial charge on any atom is 0.188 e. The van der Waals surface area contributed by atoms with Crippen LogP contribution in [0.5, 0.6) is 0 Å². The van der Waals surface area contributed by atoms with Crippen molar-refractivity contribution in [1.82, 2.24) is 24.1 Å². The van der Waals surface area contributed by atoms with Gasteiger partial charge in [0.15, 0.2) is 28.8 Å². The summed E-state index contributed by atoms with van der Waals surface area (Å²) in [5.74, 6) is 1.65. The predicted molar refractivity (Wildman–Crippen MR) is 298 cm³/mol. The van der Waals surface area contributed by atoms with Gasteiger partial charge in [0.1, 0.15) is 0 Å². The van der Waals surface area contributed by atoms with Crippen LogP contribution in [0.2, 0.25) is 0 Å². The molecule has 0 atom stereocenters. The topological polar surface area (TPSA) is 81.0 Å². The average molecular weight is 943 g/mol. The van der Waals surface area contributed by atoms with E-state index in [-0.39, 0.29) is 0 Å². The Balaban J connectivity index is 1.09. The van der Waals surface area contributed by atoms with E-state index in [9.17, 15) is 5.26 Å². The first-order valence-corrected chi connectivity index (χ1v) is 24.1. The van der Waals surface area contributed by atoms with Crippen molar-refractivity contribution in [2.24, 2.45) is 0 Å². The van der Waals surface area contributed by atoms with Crippen LogP contribution in [-0.4, -0.2) is 24.1 Å². The molecule has 0 amide bonds. The van der Waals surface area contributed by atoms with E-state index in [1.807, 2.05) is 121 Å². The summed E-state index contributed by atoms with van der Waals surface area (Å²) < 4.78 is 4.65. The van der Waals surface area contributed by atoms with Crippen LogP contribution >= 0.6 is 0 Å². The molecule has 0 fully saturated rings. The summed E-state index contributed by atoms with van der Waals surface area (Å²) in [6.45, 7) is 15.9. The van der Waals surface area contributed by atoms with E-state index in [4.69, 9.17) is 28.1 Å². The van der Waals surface area contributed by atoms with Crippen molar-refractivity contribution in [2.45, 2.75) is 0 Å². The first kappa shape index (κ1) is 43.3. The van der Waals surface area contributed by atoms with Gasteiger partial charge in [-0.3, -0.25) is 0 Å². The summed E-state index contributed by atoms with van der Waals surface area (Å²) in [5.41, 5.74) is 16.0. The highest BCUT2D eigenvalue weighted by Gasteiger charge is 2.23. The molecule has 0 radical (unpaired) electrons. The van der Waals surface area contributed by atoms with Gasteiger partial charge in [-0.05, 0) is 94.5 Å². The average Bonchev–Trinajstić information content (AvgIpc) is 4.03. The Morgan fingerprint density at radius 2 is 0.784 bits per heavy atom. The minimum absolute atomic E-state index is 0.510. The second-order valence-corrected chi connectivity index (χ2v) is 18.1. The zero-order valence-corrected chi connectivity index (χ0v) is 39.5. The van der Waals surface area contributed by atoms with Crippen molar-refractivity contribution in [1.29, 1.82) is 5.26 Å². The number of para-hydroxylation sites is 2. The summed E-state index contributed by atoms with van der Waals surface area (Å²) >= 11 is 0. The van der Waals surface area contributed by atoms with Gasteiger partial charge in [-0.25, -0.2) is 24.6 Å². The predicted octanol–water partition coefficient (Wildman–Crippen LogP) is 17.0. The Labute approximate surface area is 426 Å². The Morgan fingerprint density at radius 3 is 1.32 bits per heavy atom. The van der Waals surface area contributed by atoms with Crippen molar-refractivity contribution in [3.8, 4) is 85.0 Å². The third-order valence-electron chi connectivity index (χ3n) is 13.9. The van der Waals surface area contributed by atoms with E-state index < -0.39 is 0 Å². The smallest absolute Gasteiger partial charge is 0.188 e. The van der Waals surface area contributed by atoms with Gasteiger partial charge in [0, 0.05) is 43.8 Å². The van der Waals surface area contributed by atoms with Gasteiger partial charge < -0.3 is 9.13 Å². The molecule has 3 aromatic heterocycles. The summed E-state index contributed by atoms with van der Waals surface area (Å²) in [4.78, 5) is 23.0. The van der Waals surface area contributed by atoms with E-state index in [2.05, 4.69) is 134 Å². The third-order valence-corrected chi connectivity index (χ3v) is 13.9. The highest BCUT2D eigenvalue weighted by molar-refractivity contribution is 6.13. The first-order valence-electron chi connectivity index (χ1n) is 24.1. The minimum atomic E-state index is 0.510. The molecule has 0 N–H and O–H groups in total. The van der Waals surface area contributed by atoms with Gasteiger partial charge in [-0.2, -0.15) is 5.26 Å². The largest absolute Gasteiger partial charge is 0.309 e. The van der Waals surface area contributed by atoms with E-state index >= 15 is 0 Å². The molecule has 0 saturated heterocycles. The highest BCUT2D eigenvalue weighted by atomic mass is 15.0. The molecule has 0 bridgehead atoms. The molecule has 0 aliphatic heterocycles. The molecule has 3 heterocycles. The maximum absolute atomic E-state index is 9.51. The van der Waals surface area contributed by atoms with E-state index in [0.29, 0.717) is 34.4 Å². The first-order chi connectivity index (χ1) is 36.5. The molecule has 0 spiro atoms. The second kappa shape index (κ2) is 17.9. The maximum atomic E-state index is 9.51. The van der Waals surface area contributed by atoms with Crippen molar-refractivity contribution < 1.29 is 0 Å². The van der Waals surface area contributed by atoms with Gasteiger partial charge in [0.2, 0.25) is 0 Å². The van der Waals surface area contributed by atoms with Gasteiger partial charge in [0.05, 0.1) is 58.2 Å². The molecule has 13 rings (SSSR count). The number of aromatic nitrogens is 5. The summed E-state index contributed by atoms with van der Waals surface area (Å²) in [6.07, 6.45) is 0. The Hall–Kier alpha value is -10.7. The Bertz CT molecular complexity index is 4430. The molecule has 0 aliphatic rings. The fourth-order valence-corrected chi connectivity index (χ4v) is 10.3. The van der Waals surface area contributed by atoms with E-state index in [1.165, 1.54) is 0 Å². The molecule has 10 aromatic carbocycles. The molecule has 74 heavy (non-hydrogen) atoms. The normalized spacial score (nSPS) is 11.2. The lowest BCUT2D eigenvalue weighted by molar-refractivity contribution is 1.07. The Morgan fingerprint density at radius 1 is 0.338 bits per heavy atom. The van der Waals surface area contributed by atoms with E-state index in [1.54, 1.807) is 0 Å². The summed E-state index contributed by atoms with van der Waals surface area (Å²) in [5, 5.41) is 13.8. The van der Waals surface area contributed by atoms with Crippen LogP contribution in [0.1, 0.15) is 5.56 Å². The highest BCUT2D eigenvalue weighted by Crippen LogP contribution is 2.44. The fourth-order valence-electron chi connectivity index (χ4n) is 10.3. The molecular formula is C66H38N8. The minimum Gasteiger partial charge on any atom is -0.309 e. The molecule has 342 valence electrons. The van der Waals surface area contributed by atoms with Gasteiger partial charge in [-0.15, -0.1) is 0 Å². The van der Waals surface area contributed by atoms with Crippen LogP contribution in [0, 0.1) is 24.5 Å². The quantitative estimate of drug-likeness (QED) is 0.142. The fraction of sp³-hybridized carbons (Fsp3) is 0. The SMILES string of the molecule is [C-]#[N+]c1ccc(-c2ccc3c(c2)c2ccccc2n3-c2cc(-c3nc(-c4ccccc4)nc(-c4ccccc4)n3)ccc2-c2cc([N+]#[C-])ccc2-n2c3ccccc3c3cc(-c4ccc(C#N)cc4)ccc32)cc1. The van der Waals surface area contributed by atoms with Crippen molar-refractivity contribution >= 4 is 55.0 Å². The van der Waals surface area contributed by atoms with Crippen molar-refractivity contribution in [3.05, 3.63) is 259 Å². The van der Waals surface area contributed by atoms with E-state index in [0.717, 1.165) is 105 Å². The summed E-state index contributed by atoms with van der Waals surface area (Å²) in [7, 11) is 0.